The first-order valence-corrected chi connectivity index (χ1v) is 3.55. The van der Waals surface area contributed by atoms with Gasteiger partial charge < -0.3 is 9.90 Å². The molecule has 3 nitrogen and oxygen atoms in total. The van der Waals surface area contributed by atoms with Crippen molar-refractivity contribution in [1.29, 1.82) is 0 Å². The summed E-state index contributed by atoms with van der Waals surface area (Å²) in [7, 11) is 0. The van der Waals surface area contributed by atoms with Gasteiger partial charge in [0.15, 0.2) is 0 Å². The zero-order valence-electron chi connectivity index (χ0n) is 7.18. The number of carboxylic acids is 1. The van der Waals surface area contributed by atoms with Gasteiger partial charge in [0.25, 0.3) is 5.92 Å². The Bertz CT molecular complexity index is 230. The number of rotatable bonds is 2. The molecule has 1 atom stereocenters. The Morgan fingerprint density at radius 2 is 2.08 bits per heavy atom. The molecule has 0 bridgehead atoms. The quantitative estimate of drug-likeness (QED) is 0.440. The van der Waals surface area contributed by atoms with Crippen molar-refractivity contribution in [3.05, 3.63) is 0 Å². The number of carboxylic acid groups (broad SMARTS) is 1. The summed E-state index contributed by atoms with van der Waals surface area (Å²) < 4.78 is 25.2. The van der Waals surface area contributed by atoms with Gasteiger partial charge >= 0.3 is 29.6 Å². The van der Waals surface area contributed by atoms with E-state index in [1.165, 1.54) is 0 Å². The van der Waals surface area contributed by atoms with E-state index in [0.29, 0.717) is 0 Å². The fourth-order valence-corrected chi connectivity index (χ4v) is 1.29. The molecule has 1 aliphatic carbocycles. The first-order valence-electron chi connectivity index (χ1n) is 3.55. The van der Waals surface area contributed by atoms with Crippen molar-refractivity contribution in [3.63, 3.8) is 0 Å². The Balaban J connectivity index is 0.00000144. The maximum absolute atomic E-state index is 12.6. The fourth-order valence-electron chi connectivity index (χ4n) is 1.29. The predicted octanol–water partition coefficient (Wildman–Crippen LogP) is -3.26. The Kier molecular flexibility index (Phi) is 4.48. The van der Waals surface area contributed by atoms with Crippen molar-refractivity contribution in [3.8, 4) is 0 Å². The summed E-state index contributed by atoms with van der Waals surface area (Å²) >= 11 is 0. The molecule has 0 N–H and O–H groups in total. The molecule has 68 valence electrons. The van der Waals surface area contributed by atoms with Crippen LogP contribution in [0.3, 0.4) is 0 Å². The molecule has 1 rings (SSSR count). The second-order valence-electron chi connectivity index (χ2n) is 2.89. The zero-order chi connectivity index (χ0) is 9.35. The van der Waals surface area contributed by atoms with Crippen molar-refractivity contribution < 1.29 is 53.0 Å². The number of hydrogen-bond donors (Lipinski definition) is 0. The second kappa shape index (κ2) is 4.48. The molecule has 1 aliphatic rings. The molecule has 1 saturated carbocycles. The Hall–Kier alpha value is 0. The molecule has 0 aromatic rings. The van der Waals surface area contributed by atoms with Crippen LogP contribution in [0, 0.1) is 5.92 Å². The van der Waals surface area contributed by atoms with Gasteiger partial charge in [0.1, 0.15) is 11.8 Å². The molecule has 0 radical (unpaired) electrons. The molecule has 13 heavy (non-hydrogen) atoms. The van der Waals surface area contributed by atoms with Crippen molar-refractivity contribution in [2.45, 2.75) is 25.2 Å². The molecule has 1 fully saturated rings. The van der Waals surface area contributed by atoms with E-state index in [4.69, 9.17) is 0 Å². The number of carbonyl (C=O) groups is 2. The molecule has 6 heteroatoms. The van der Waals surface area contributed by atoms with Gasteiger partial charge in [-0.3, -0.25) is 4.79 Å². The number of alkyl halides is 2. The number of carbonyl (C=O) groups excluding carboxylic acids is 2. The first-order chi connectivity index (χ1) is 5.44. The summed E-state index contributed by atoms with van der Waals surface area (Å²) in [5, 5.41) is 9.94. The molecule has 0 heterocycles. The molecule has 0 spiro atoms. The van der Waals surface area contributed by atoms with E-state index in [2.05, 4.69) is 0 Å². The number of aliphatic carboxylic acids is 1. The smallest absolute Gasteiger partial charge is 0.544 e. The van der Waals surface area contributed by atoms with E-state index < -0.39 is 17.8 Å². The van der Waals surface area contributed by atoms with E-state index in [9.17, 15) is 23.5 Å². The summed E-state index contributed by atoms with van der Waals surface area (Å²) in [6.45, 7) is 0. The molecule has 0 amide bonds. The summed E-state index contributed by atoms with van der Waals surface area (Å²) in [6, 6.07) is 0. The minimum absolute atomic E-state index is 0. The summed E-state index contributed by atoms with van der Waals surface area (Å²) in [4.78, 5) is 20.5. The zero-order valence-corrected chi connectivity index (χ0v) is 9.18. The minimum Gasteiger partial charge on any atom is -0.544 e. The molecule has 0 aromatic carbocycles. The Morgan fingerprint density at radius 1 is 1.54 bits per heavy atom. The normalized spacial score (nSPS) is 22.6. The van der Waals surface area contributed by atoms with Gasteiger partial charge in [0.2, 0.25) is 0 Å². The third kappa shape index (κ3) is 2.72. The van der Waals surface area contributed by atoms with E-state index in [-0.39, 0.29) is 54.6 Å². The molecule has 0 aliphatic heterocycles. The number of halogens is 2. The van der Waals surface area contributed by atoms with E-state index >= 15 is 0 Å². The maximum Gasteiger partial charge on any atom is 1.00 e. The van der Waals surface area contributed by atoms with Crippen LogP contribution >= 0.6 is 0 Å². The maximum atomic E-state index is 12.6. The van der Waals surface area contributed by atoms with Crippen LogP contribution in [0.4, 0.5) is 8.78 Å². The van der Waals surface area contributed by atoms with Gasteiger partial charge in [-0.15, -0.1) is 0 Å². The van der Waals surface area contributed by atoms with Gasteiger partial charge in [0, 0.05) is 18.8 Å². The van der Waals surface area contributed by atoms with E-state index in [1.807, 2.05) is 0 Å². The third-order valence-corrected chi connectivity index (χ3v) is 2.03. The summed E-state index contributed by atoms with van der Waals surface area (Å²) in [5.41, 5.74) is 0. The van der Waals surface area contributed by atoms with Crippen LogP contribution in [0.25, 0.3) is 0 Å². The molecule has 0 aromatic heterocycles. The van der Waals surface area contributed by atoms with Crippen LogP contribution in [0.15, 0.2) is 0 Å². The molecular weight excluding hydrogens is 193 g/mol. The fraction of sp³-hybridized carbons (Fsp3) is 0.714. The van der Waals surface area contributed by atoms with Gasteiger partial charge in [-0.05, 0) is 6.42 Å². The SMILES string of the molecule is O=C1CCC(C(F)(F)C(=O)[O-])C1.[Na+]. The second-order valence-corrected chi connectivity index (χ2v) is 2.89. The van der Waals surface area contributed by atoms with E-state index in [0.717, 1.165) is 0 Å². The van der Waals surface area contributed by atoms with Crippen LogP contribution in [0.1, 0.15) is 19.3 Å². The Labute approximate surface area is 95.8 Å². The van der Waals surface area contributed by atoms with Crippen molar-refractivity contribution in [2.75, 3.05) is 0 Å². The van der Waals surface area contributed by atoms with Crippen LogP contribution in [-0.4, -0.2) is 17.7 Å². The van der Waals surface area contributed by atoms with Gasteiger partial charge in [0.05, 0.1) is 0 Å². The predicted molar refractivity (Wildman–Crippen MR) is 32.3 cm³/mol. The van der Waals surface area contributed by atoms with Crippen molar-refractivity contribution in [1.82, 2.24) is 0 Å². The van der Waals surface area contributed by atoms with Gasteiger partial charge in [-0.2, -0.15) is 8.78 Å². The van der Waals surface area contributed by atoms with Crippen molar-refractivity contribution in [2.24, 2.45) is 5.92 Å². The van der Waals surface area contributed by atoms with Crippen LogP contribution in [0.2, 0.25) is 0 Å². The van der Waals surface area contributed by atoms with Crippen LogP contribution < -0.4 is 34.7 Å². The van der Waals surface area contributed by atoms with Gasteiger partial charge in [-0.1, -0.05) is 0 Å². The average molecular weight is 200 g/mol. The number of ketones is 1. The Morgan fingerprint density at radius 3 is 2.38 bits per heavy atom. The summed E-state index contributed by atoms with van der Waals surface area (Å²) in [6.07, 6.45) is -0.353. The minimum atomic E-state index is -3.85. The topological polar surface area (TPSA) is 57.2 Å². The molecular formula is C7H7F2NaO3. The summed E-state index contributed by atoms with van der Waals surface area (Å²) in [5.74, 6) is -7.91. The van der Waals surface area contributed by atoms with Gasteiger partial charge in [-0.25, -0.2) is 0 Å². The molecule has 0 saturated heterocycles. The van der Waals surface area contributed by atoms with Crippen molar-refractivity contribution >= 4 is 11.8 Å². The monoisotopic (exact) mass is 200 g/mol. The largest absolute Gasteiger partial charge is 1.00 e. The average Bonchev–Trinajstić information content (AvgIpc) is 2.35. The van der Waals surface area contributed by atoms with E-state index in [1.54, 1.807) is 0 Å². The first kappa shape index (κ1) is 13.0. The third-order valence-electron chi connectivity index (χ3n) is 2.03. The van der Waals surface area contributed by atoms with Crippen LogP contribution in [0.5, 0.6) is 0 Å². The number of hydrogen-bond acceptors (Lipinski definition) is 3. The molecule has 1 unspecified atom stereocenters. The standard InChI is InChI=1S/C7H8F2O3.Na/c8-7(9,6(11)12)4-1-2-5(10)3-4;/h4H,1-3H2,(H,11,12);/q;+1/p-1. The van der Waals surface area contributed by atoms with Crippen LogP contribution in [-0.2, 0) is 9.59 Å². The number of Topliss-reactive ketones (excluding diaryl/α,β-unsaturated/α-hetero) is 1.